The van der Waals surface area contributed by atoms with Crippen molar-refractivity contribution < 1.29 is 24.2 Å². The molecule has 1 aromatic rings. The van der Waals surface area contributed by atoms with E-state index in [4.69, 9.17) is 0 Å². The van der Waals surface area contributed by atoms with Crippen LogP contribution in [0.15, 0.2) is 40.8 Å². The number of nitrogens with zero attached hydrogens (tertiary/aromatic N) is 1. The zero-order valence-electron chi connectivity index (χ0n) is 11.7. The van der Waals surface area contributed by atoms with Gasteiger partial charge in [-0.05, 0) is 12.1 Å². The fourth-order valence-electron chi connectivity index (χ4n) is 2.04. The molecule has 8 heteroatoms. The quantitative estimate of drug-likeness (QED) is 0.487. The zero-order valence-corrected chi connectivity index (χ0v) is 12.6. The molecular weight excluding hydrogens is 308 g/mol. The first-order valence-corrected chi connectivity index (χ1v) is 7.26. The maximum Gasteiger partial charge on any atom is 0.309 e. The number of nitrogens with one attached hydrogen (secondary N) is 1. The van der Waals surface area contributed by atoms with Crippen LogP contribution in [0.3, 0.4) is 0 Å². The monoisotopic (exact) mass is 322 g/mol. The Morgan fingerprint density at radius 3 is 2.77 bits per heavy atom. The lowest BCUT2D eigenvalue weighted by Crippen LogP contribution is -2.32. The molecule has 1 aliphatic carbocycles. The third-order valence-electron chi connectivity index (χ3n) is 3.09. The normalized spacial score (nSPS) is 18.0. The van der Waals surface area contributed by atoms with Crippen molar-refractivity contribution in [2.45, 2.75) is 17.9 Å². The molecular formula is C14H14N2O5S. The molecule has 0 spiro atoms. The molecule has 0 bridgehead atoms. The summed E-state index contributed by atoms with van der Waals surface area (Å²) < 4.78 is 7.00. The van der Waals surface area contributed by atoms with E-state index in [2.05, 4.69) is 14.4 Å². The fourth-order valence-corrected chi connectivity index (χ4v) is 2.60. The van der Waals surface area contributed by atoms with Gasteiger partial charge in [-0.15, -0.1) is 0 Å². The highest BCUT2D eigenvalue weighted by Crippen LogP contribution is 2.27. The highest BCUT2D eigenvalue weighted by atomic mass is 32.2. The first kappa shape index (κ1) is 16.0. The van der Waals surface area contributed by atoms with E-state index in [1.54, 1.807) is 24.4 Å². The fraction of sp³-hybridized carbons (Fsp3) is 0.286. The third kappa shape index (κ3) is 3.64. The van der Waals surface area contributed by atoms with Gasteiger partial charge in [0.25, 0.3) is 5.91 Å². The van der Waals surface area contributed by atoms with Gasteiger partial charge in [-0.2, -0.15) is 0 Å². The second kappa shape index (κ2) is 7.08. The van der Waals surface area contributed by atoms with Gasteiger partial charge in [0.15, 0.2) is 5.78 Å². The number of aliphatic hydroxyl groups is 1. The van der Waals surface area contributed by atoms with Crippen molar-refractivity contribution in [1.82, 2.24) is 9.71 Å². The molecule has 1 aliphatic rings. The van der Waals surface area contributed by atoms with Crippen LogP contribution in [0.25, 0.3) is 0 Å². The van der Waals surface area contributed by atoms with Crippen LogP contribution < -0.4 is 4.72 Å². The Bertz CT molecular complexity index is 629. The molecule has 0 saturated heterocycles. The summed E-state index contributed by atoms with van der Waals surface area (Å²) >= 11 is 0.938. The molecule has 1 atom stereocenters. The Kier molecular flexibility index (Phi) is 5.16. The number of Topliss-reactive ketones (excluding diaryl/α,β-unsaturated/α-hetero) is 1. The number of hydrogen-bond acceptors (Lipinski definition) is 7. The Morgan fingerprint density at radius 2 is 2.18 bits per heavy atom. The third-order valence-corrected chi connectivity index (χ3v) is 3.82. The Labute approximate surface area is 130 Å². The molecule has 2 N–H and O–H groups in total. The summed E-state index contributed by atoms with van der Waals surface area (Å²) in [5.74, 6) is -3.02. The van der Waals surface area contributed by atoms with E-state index in [1.165, 1.54) is 7.11 Å². The van der Waals surface area contributed by atoms with Crippen LogP contribution in [0.2, 0.25) is 0 Å². The number of carbonyl (C=O) groups is 3. The molecule has 0 aromatic carbocycles. The highest BCUT2D eigenvalue weighted by molar-refractivity contribution is 7.97. The first-order valence-electron chi connectivity index (χ1n) is 6.44. The highest BCUT2D eigenvalue weighted by Gasteiger charge is 2.35. The predicted octanol–water partition coefficient (Wildman–Crippen LogP) is 1.17. The van der Waals surface area contributed by atoms with Crippen LogP contribution in [0.4, 0.5) is 0 Å². The molecule has 1 aromatic heterocycles. The second-order valence-electron chi connectivity index (χ2n) is 4.57. The molecule has 0 aliphatic heterocycles. The summed E-state index contributed by atoms with van der Waals surface area (Å²) in [4.78, 5) is 39.4. The number of aliphatic hydroxyl groups excluding tert-OH is 1. The number of hydrogen-bond donors (Lipinski definition) is 2. The van der Waals surface area contributed by atoms with Crippen molar-refractivity contribution in [3.05, 3.63) is 35.7 Å². The summed E-state index contributed by atoms with van der Waals surface area (Å²) in [5, 5.41) is 10.4. The summed E-state index contributed by atoms with van der Waals surface area (Å²) in [7, 11) is 1.21. The molecule has 2 rings (SSSR count). The van der Waals surface area contributed by atoms with Gasteiger partial charge in [0.1, 0.15) is 16.4 Å². The number of aromatic nitrogens is 1. The summed E-state index contributed by atoms with van der Waals surface area (Å²) in [6, 6.07) is 5.18. The van der Waals surface area contributed by atoms with Crippen LogP contribution in [0.1, 0.15) is 12.8 Å². The Hall–Kier alpha value is -2.35. The van der Waals surface area contributed by atoms with Crippen molar-refractivity contribution in [1.29, 1.82) is 0 Å². The van der Waals surface area contributed by atoms with Crippen LogP contribution in [0.5, 0.6) is 0 Å². The van der Waals surface area contributed by atoms with E-state index in [1.807, 2.05) is 0 Å². The lowest BCUT2D eigenvalue weighted by molar-refractivity contribution is -0.147. The minimum atomic E-state index is -0.752. The Balaban J connectivity index is 2.05. The lowest BCUT2D eigenvalue weighted by atomic mass is 9.87. The minimum absolute atomic E-state index is 0.0879. The molecule has 1 heterocycles. The summed E-state index contributed by atoms with van der Waals surface area (Å²) in [6.07, 6.45) is 1.32. The number of rotatable bonds is 4. The molecule has 0 fully saturated rings. The minimum Gasteiger partial charge on any atom is -0.511 e. The summed E-state index contributed by atoms with van der Waals surface area (Å²) in [6.45, 7) is 0. The van der Waals surface area contributed by atoms with E-state index in [0.717, 1.165) is 11.9 Å². The van der Waals surface area contributed by atoms with Gasteiger partial charge >= 0.3 is 5.97 Å². The van der Waals surface area contributed by atoms with Crippen LogP contribution in [-0.2, 0) is 19.1 Å². The van der Waals surface area contributed by atoms with Crippen molar-refractivity contribution in [3.63, 3.8) is 0 Å². The topological polar surface area (TPSA) is 106 Å². The van der Waals surface area contributed by atoms with Gasteiger partial charge in [-0.25, -0.2) is 4.98 Å². The van der Waals surface area contributed by atoms with Gasteiger partial charge in [0.2, 0.25) is 0 Å². The lowest BCUT2D eigenvalue weighted by Gasteiger charge is -2.20. The number of carbonyl (C=O) groups excluding carboxylic acids is 3. The van der Waals surface area contributed by atoms with E-state index in [9.17, 15) is 19.5 Å². The standard InChI is InChI=1S/C14H14N2O5S/c1-21-14(20)8-6-9(17)12(10(18)7-8)13(19)16-22-11-4-2-3-5-15-11/h2-5,8,17H,6-7H2,1H3,(H,16,19). The van der Waals surface area contributed by atoms with Gasteiger partial charge in [-0.3, -0.25) is 19.1 Å². The number of pyridine rings is 1. The van der Waals surface area contributed by atoms with E-state index in [0.29, 0.717) is 5.03 Å². The van der Waals surface area contributed by atoms with Crippen molar-refractivity contribution >= 4 is 29.6 Å². The second-order valence-corrected chi connectivity index (χ2v) is 5.40. The molecule has 7 nitrogen and oxygen atoms in total. The molecule has 116 valence electrons. The molecule has 1 unspecified atom stereocenters. The average Bonchev–Trinajstić information content (AvgIpc) is 2.52. The van der Waals surface area contributed by atoms with Crippen LogP contribution >= 0.6 is 11.9 Å². The number of amides is 1. The number of methoxy groups -OCH3 is 1. The Morgan fingerprint density at radius 1 is 1.41 bits per heavy atom. The largest absolute Gasteiger partial charge is 0.511 e. The number of ketones is 1. The molecule has 22 heavy (non-hydrogen) atoms. The smallest absolute Gasteiger partial charge is 0.309 e. The maximum atomic E-state index is 12.0. The SMILES string of the molecule is COC(=O)C1CC(=O)C(C(=O)NSc2ccccn2)=C(O)C1. The number of allylic oxidation sites excluding steroid dienone is 1. The zero-order chi connectivity index (χ0) is 16.1. The van der Waals surface area contributed by atoms with Crippen LogP contribution in [-0.4, -0.2) is 34.9 Å². The van der Waals surface area contributed by atoms with Gasteiger partial charge in [0, 0.05) is 31.0 Å². The summed E-state index contributed by atoms with van der Waals surface area (Å²) in [5.41, 5.74) is -0.316. The van der Waals surface area contributed by atoms with Gasteiger partial charge in [-0.1, -0.05) is 6.07 Å². The molecule has 1 amide bonds. The number of ether oxygens (including phenoxy) is 1. The first-order chi connectivity index (χ1) is 10.5. The van der Waals surface area contributed by atoms with Crippen molar-refractivity contribution in [3.8, 4) is 0 Å². The van der Waals surface area contributed by atoms with Crippen molar-refractivity contribution in [2.24, 2.45) is 5.92 Å². The van der Waals surface area contributed by atoms with Crippen LogP contribution in [0, 0.1) is 5.92 Å². The molecule has 0 radical (unpaired) electrons. The maximum absolute atomic E-state index is 12.0. The van der Waals surface area contributed by atoms with E-state index >= 15 is 0 Å². The predicted molar refractivity (Wildman–Crippen MR) is 77.6 cm³/mol. The average molecular weight is 322 g/mol. The van der Waals surface area contributed by atoms with Crippen molar-refractivity contribution in [2.75, 3.05) is 7.11 Å². The van der Waals surface area contributed by atoms with E-state index in [-0.39, 0.29) is 18.4 Å². The van der Waals surface area contributed by atoms with E-state index < -0.39 is 29.3 Å². The molecule has 0 saturated carbocycles. The number of esters is 1. The van der Waals surface area contributed by atoms with Gasteiger partial charge in [0.05, 0.1) is 13.0 Å². The van der Waals surface area contributed by atoms with Gasteiger partial charge < -0.3 is 9.84 Å².